The predicted octanol–water partition coefficient (Wildman–Crippen LogP) is 1.44. The van der Waals surface area contributed by atoms with E-state index in [0.29, 0.717) is 13.2 Å². The van der Waals surface area contributed by atoms with Gasteiger partial charge >= 0.3 is 0 Å². The molecule has 1 unspecified atom stereocenters. The van der Waals surface area contributed by atoms with Crippen molar-refractivity contribution in [3.8, 4) is 0 Å². The fourth-order valence-corrected chi connectivity index (χ4v) is 3.13. The third-order valence-corrected chi connectivity index (χ3v) is 4.52. The standard InChI is InChI=1S/C16H22N2O3/c19-13-9-12(10-13)15(14-3-1-2-6-17-14)18-16(20)11-4-7-21-8-5-11/h1-3,6,11-13,15,19H,4-5,7-10H2,(H,18,20). The molecule has 2 aliphatic rings. The first-order valence-electron chi connectivity index (χ1n) is 7.71. The first kappa shape index (κ1) is 14.5. The molecular weight excluding hydrogens is 268 g/mol. The van der Waals surface area contributed by atoms with Gasteiger partial charge in [-0.05, 0) is 43.7 Å². The highest BCUT2D eigenvalue weighted by Crippen LogP contribution is 2.37. The number of nitrogens with one attached hydrogen (secondary N) is 1. The van der Waals surface area contributed by atoms with Gasteiger partial charge in [-0.2, -0.15) is 0 Å². The number of pyridine rings is 1. The molecule has 1 atom stereocenters. The van der Waals surface area contributed by atoms with E-state index in [2.05, 4.69) is 10.3 Å². The third kappa shape index (κ3) is 3.41. The van der Waals surface area contributed by atoms with Crippen LogP contribution in [0.1, 0.15) is 37.4 Å². The molecule has 0 aromatic carbocycles. The van der Waals surface area contributed by atoms with Crippen LogP contribution in [0.15, 0.2) is 24.4 Å². The van der Waals surface area contributed by atoms with Crippen LogP contribution in [-0.4, -0.2) is 35.3 Å². The van der Waals surface area contributed by atoms with Gasteiger partial charge in [0.1, 0.15) is 0 Å². The fourth-order valence-electron chi connectivity index (χ4n) is 3.13. The van der Waals surface area contributed by atoms with Crippen LogP contribution in [0.25, 0.3) is 0 Å². The number of hydrogen-bond acceptors (Lipinski definition) is 4. The topological polar surface area (TPSA) is 71.5 Å². The van der Waals surface area contributed by atoms with Gasteiger partial charge in [-0.25, -0.2) is 0 Å². The smallest absolute Gasteiger partial charge is 0.223 e. The summed E-state index contributed by atoms with van der Waals surface area (Å²) in [5.74, 6) is 0.406. The first-order valence-corrected chi connectivity index (χ1v) is 7.71. The highest BCUT2D eigenvalue weighted by Gasteiger charge is 2.37. The minimum atomic E-state index is -0.235. The van der Waals surface area contributed by atoms with Crippen molar-refractivity contribution in [2.24, 2.45) is 11.8 Å². The average Bonchev–Trinajstić information content (AvgIpc) is 2.51. The monoisotopic (exact) mass is 290 g/mol. The van der Waals surface area contributed by atoms with Crippen LogP contribution in [0.5, 0.6) is 0 Å². The van der Waals surface area contributed by atoms with E-state index in [1.165, 1.54) is 0 Å². The summed E-state index contributed by atoms with van der Waals surface area (Å²) in [6.07, 6.45) is 4.55. The van der Waals surface area contributed by atoms with Crippen molar-refractivity contribution in [2.75, 3.05) is 13.2 Å². The zero-order valence-corrected chi connectivity index (χ0v) is 12.1. The molecule has 1 saturated carbocycles. The highest BCUT2D eigenvalue weighted by atomic mass is 16.5. The van der Waals surface area contributed by atoms with Crippen molar-refractivity contribution < 1.29 is 14.6 Å². The van der Waals surface area contributed by atoms with Crippen molar-refractivity contribution in [3.05, 3.63) is 30.1 Å². The van der Waals surface area contributed by atoms with E-state index < -0.39 is 0 Å². The summed E-state index contributed by atoms with van der Waals surface area (Å²) in [5.41, 5.74) is 0.884. The van der Waals surface area contributed by atoms with Gasteiger partial charge in [0.2, 0.25) is 5.91 Å². The van der Waals surface area contributed by atoms with Gasteiger partial charge < -0.3 is 15.2 Å². The largest absolute Gasteiger partial charge is 0.393 e. The van der Waals surface area contributed by atoms with Gasteiger partial charge in [0.15, 0.2) is 0 Å². The Hall–Kier alpha value is -1.46. The zero-order chi connectivity index (χ0) is 14.7. The zero-order valence-electron chi connectivity index (χ0n) is 12.1. The molecule has 5 heteroatoms. The Morgan fingerprint density at radius 3 is 2.71 bits per heavy atom. The van der Waals surface area contributed by atoms with Gasteiger partial charge in [0.25, 0.3) is 0 Å². The molecule has 21 heavy (non-hydrogen) atoms. The van der Waals surface area contributed by atoms with E-state index >= 15 is 0 Å². The van der Waals surface area contributed by atoms with Gasteiger partial charge in [-0.1, -0.05) is 6.07 Å². The molecule has 1 aliphatic heterocycles. The summed E-state index contributed by atoms with van der Waals surface area (Å²) in [6, 6.07) is 5.66. The summed E-state index contributed by atoms with van der Waals surface area (Å²) in [7, 11) is 0. The average molecular weight is 290 g/mol. The normalized spacial score (nSPS) is 27.7. The maximum absolute atomic E-state index is 12.5. The number of aliphatic hydroxyl groups is 1. The number of ether oxygens (including phenoxy) is 1. The van der Waals surface area contributed by atoms with E-state index in [4.69, 9.17) is 4.74 Å². The Labute approximate surface area is 124 Å². The molecule has 0 bridgehead atoms. The van der Waals surface area contributed by atoms with Gasteiger partial charge in [0, 0.05) is 25.3 Å². The van der Waals surface area contributed by atoms with Crippen molar-refractivity contribution in [2.45, 2.75) is 37.8 Å². The summed E-state index contributed by atoms with van der Waals surface area (Å²) < 4.78 is 5.31. The first-order chi connectivity index (χ1) is 10.2. The van der Waals surface area contributed by atoms with E-state index in [9.17, 15) is 9.90 Å². The molecule has 1 amide bonds. The molecule has 2 fully saturated rings. The van der Waals surface area contributed by atoms with Crippen LogP contribution < -0.4 is 5.32 Å². The number of nitrogens with zero attached hydrogens (tertiary/aromatic N) is 1. The van der Waals surface area contributed by atoms with Crippen LogP contribution in [0, 0.1) is 11.8 Å². The Morgan fingerprint density at radius 1 is 1.33 bits per heavy atom. The number of amides is 1. The van der Waals surface area contributed by atoms with E-state index in [1.807, 2.05) is 18.2 Å². The second-order valence-corrected chi connectivity index (χ2v) is 6.01. The van der Waals surface area contributed by atoms with Crippen LogP contribution in [0.2, 0.25) is 0 Å². The molecule has 0 radical (unpaired) electrons. The molecule has 114 valence electrons. The minimum Gasteiger partial charge on any atom is -0.393 e. The Morgan fingerprint density at radius 2 is 2.10 bits per heavy atom. The maximum atomic E-state index is 12.5. The van der Waals surface area contributed by atoms with Crippen LogP contribution in [0.4, 0.5) is 0 Å². The number of carbonyl (C=O) groups is 1. The Kier molecular flexibility index (Phi) is 4.51. The van der Waals surface area contributed by atoms with Gasteiger partial charge in [-0.15, -0.1) is 0 Å². The number of aliphatic hydroxyl groups excluding tert-OH is 1. The molecule has 3 rings (SSSR count). The summed E-state index contributed by atoms with van der Waals surface area (Å²) in [6.45, 7) is 1.32. The molecular formula is C16H22N2O3. The maximum Gasteiger partial charge on any atom is 0.223 e. The molecule has 1 aromatic heterocycles. The van der Waals surface area contributed by atoms with Crippen LogP contribution in [0.3, 0.4) is 0 Å². The lowest BCUT2D eigenvalue weighted by atomic mass is 9.76. The lowest BCUT2D eigenvalue weighted by Crippen LogP contribution is -2.44. The lowest BCUT2D eigenvalue weighted by molar-refractivity contribution is -0.129. The quantitative estimate of drug-likeness (QED) is 0.880. The molecule has 2 N–H and O–H groups in total. The number of carbonyl (C=O) groups excluding carboxylic acids is 1. The minimum absolute atomic E-state index is 0.0370. The van der Waals surface area contributed by atoms with E-state index in [-0.39, 0.29) is 29.9 Å². The molecule has 1 saturated heterocycles. The summed E-state index contributed by atoms with van der Waals surface area (Å²) in [5, 5.41) is 12.7. The van der Waals surface area contributed by atoms with Gasteiger partial charge in [-0.3, -0.25) is 9.78 Å². The number of hydrogen-bond donors (Lipinski definition) is 2. The van der Waals surface area contributed by atoms with Crippen molar-refractivity contribution in [1.29, 1.82) is 0 Å². The fraction of sp³-hybridized carbons (Fsp3) is 0.625. The number of rotatable bonds is 4. The second kappa shape index (κ2) is 6.54. The van der Waals surface area contributed by atoms with Crippen LogP contribution in [-0.2, 0) is 9.53 Å². The number of aromatic nitrogens is 1. The molecule has 1 aliphatic carbocycles. The van der Waals surface area contributed by atoms with Crippen molar-refractivity contribution in [3.63, 3.8) is 0 Å². The Bertz CT molecular complexity index is 468. The third-order valence-electron chi connectivity index (χ3n) is 4.52. The SMILES string of the molecule is O=C(NC(c1ccccn1)C1CC(O)C1)C1CCOCC1. The highest BCUT2D eigenvalue weighted by molar-refractivity contribution is 5.79. The second-order valence-electron chi connectivity index (χ2n) is 6.01. The van der Waals surface area contributed by atoms with Gasteiger partial charge in [0.05, 0.1) is 17.8 Å². The molecule has 5 nitrogen and oxygen atoms in total. The van der Waals surface area contributed by atoms with Crippen molar-refractivity contribution >= 4 is 5.91 Å². The molecule has 1 aromatic rings. The predicted molar refractivity (Wildman–Crippen MR) is 77.4 cm³/mol. The summed E-state index contributed by atoms with van der Waals surface area (Å²) in [4.78, 5) is 16.8. The molecule has 0 spiro atoms. The van der Waals surface area contributed by atoms with E-state index in [1.54, 1.807) is 6.20 Å². The molecule has 2 heterocycles. The Balaban J connectivity index is 1.68. The van der Waals surface area contributed by atoms with E-state index in [0.717, 1.165) is 31.4 Å². The van der Waals surface area contributed by atoms with Crippen molar-refractivity contribution in [1.82, 2.24) is 10.3 Å². The van der Waals surface area contributed by atoms with Crippen LogP contribution >= 0.6 is 0 Å². The summed E-state index contributed by atoms with van der Waals surface area (Å²) >= 11 is 0. The lowest BCUT2D eigenvalue weighted by Gasteiger charge is -2.38.